The van der Waals surface area contributed by atoms with E-state index in [1.807, 2.05) is 41.5 Å². The zero-order valence-electron chi connectivity index (χ0n) is 19.0. The van der Waals surface area contributed by atoms with Gasteiger partial charge in [0.15, 0.2) is 0 Å². The average Bonchev–Trinajstić information content (AvgIpc) is 2.48. The molecule has 0 saturated carbocycles. The third-order valence-corrected chi connectivity index (χ3v) is 5.72. The molecule has 0 heterocycles. The van der Waals surface area contributed by atoms with Crippen molar-refractivity contribution in [3.05, 3.63) is 12.2 Å². The minimum atomic E-state index is -3.55. The molecule has 0 unspecified atom stereocenters. The Kier molecular flexibility index (Phi) is 13.9. The van der Waals surface area contributed by atoms with Gasteiger partial charge in [0.1, 0.15) is 0 Å². The predicted octanol–water partition coefficient (Wildman–Crippen LogP) is 8.22. The van der Waals surface area contributed by atoms with Gasteiger partial charge >= 0.3 is 7.82 Å². The summed E-state index contributed by atoms with van der Waals surface area (Å²) in [4.78, 5) is 0. The van der Waals surface area contributed by atoms with E-state index in [0.717, 1.165) is 12.8 Å². The second kappa shape index (κ2) is 13.9. The molecule has 0 fully saturated rings. The van der Waals surface area contributed by atoms with Crippen molar-refractivity contribution in [2.24, 2.45) is 0 Å². The minimum Gasteiger partial charge on any atom is -0.287 e. The van der Waals surface area contributed by atoms with E-state index in [0.29, 0.717) is 6.61 Å². The van der Waals surface area contributed by atoms with Crippen molar-refractivity contribution in [3.8, 4) is 0 Å². The number of hydrogen-bond donors (Lipinski definition) is 0. The molecule has 0 radical (unpaired) electrons. The number of allylic oxidation sites excluding steroid dienone is 2. The van der Waals surface area contributed by atoms with Crippen LogP contribution in [0.1, 0.15) is 113 Å². The summed E-state index contributed by atoms with van der Waals surface area (Å²) in [5, 5.41) is 0. The molecular formula is C22H45O4P. The Labute approximate surface area is 169 Å². The Morgan fingerprint density at radius 3 is 1.63 bits per heavy atom. The SMILES string of the molecule is CCCCC=CCCCCCCCCOP(=O)(OC(C)(C)C)OC(C)(C)C. The largest absolute Gasteiger partial charge is 0.475 e. The van der Waals surface area contributed by atoms with Gasteiger partial charge in [-0.25, -0.2) is 4.57 Å². The van der Waals surface area contributed by atoms with Crippen molar-refractivity contribution in [1.82, 2.24) is 0 Å². The van der Waals surface area contributed by atoms with E-state index in [4.69, 9.17) is 13.6 Å². The molecule has 0 rings (SSSR count). The molecule has 0 aliphatic rings. The van der Waals surface area contributed by atoms with Gasteiger partial charge in [-0.15, -0.1) is 0 Å². The second-order valence-electron chi connectivity index (χ2n) is 9.21. The summed E-state index contributed by atoms with van der Waals surface area (Å²) in [6.45, 7) is 13.8. The van der Waals surface area contributed by atoms with Crippen molar-refractivity contribution in [2.45, 2.75) is 124 Å². The molecule has 0 aliphatic heterocycles. The van der Waals surface area contributed by atoms with Crippen LogP contribution in [0.25, 0.3) is 0 Å². The lowest BCUT2D eigenvalue weighted by atomic mass is 10.1. The Morgan fingerprint density at radius 2 is 1.15 bits per heavy atom. The van der Waals surface area contributed by atoms with Gasteiger partial charge in [0.05, 0.1) is 17.8 Å². The van der Waals surface area contributed by atoms with Gasteiger partial charge < -0.3 is 0 Å². The third-order valence-electron chi connectivity index (χ3n) is 3.68. The van der Waals surface area contributed by atoms with Crippen LogP contribution < -0.4 is 0 Å². The molecule has 0 amide bonds. The first-order valence-corrected chi connectivity index (χ1v) is 12.2. The number of phosphoric ester groups is 1. The highest BCUT2D eigenvalue weighted by Crippen LogP contribution is 2.55. The fraction of sp³-hybridized carbons (Fsp3) is 0.909. The van der Waals surface area contributed by atoms with Crippen molar-refractivity contribution in [2.75, 3.05) is 6.61 Å². The molecule has 0 aromatic carbocycles. The molecule has 5 heteroatoms. The second-order valence-corrected chi connectivity index (χ2v) is 10.7. The van der Waals surface area contributed by atoms with Crippen LogP contribution in [-0.4, -0.2) is 17.8 Å². The highest BCUT2D eigenvalue weighted by atomic mass is 31.2. The van der Waals surface area contributed by atoms with E-state index in [1.54, 1.807) is 0 Å². The third kappa shape index (κ3) is 19.0. The molecule has 4 nitrogen and oxygen atoms in total. The summed E-state index contributed by atoms with van der Waals surface area (Å²) in [6.07, 6.45) is 16.6. The summed E-state index contributed by atoms with van der Waals surface area (Å²) >= 11 is 0. The monoisotopic (exact) mass is 404 g/mol. The van der Waals surface area contributed by atoms with E-state index >= 15 is 0 Å². The Hall–Kier alpha value is -0.150. The fourth-order valence-electron chi connectivity index (χ4n) is 2.55. The molecule has 0 N–H and O–H groups in total. The summed E-state index contributed by atoms with van der Waals surface area (Å²) in [5.74, 6) is 0. The highest BCUT2D eigenvalue weighted by molar-refractivity contribution is 7.48. The fourth-order valence-corrected chi connectivity index (χ4v) is 4.38. The van der Waals surface area contributed by atoms with E-state index in [2.05, 4.69) is 19.1 Å². The average molecular weight is 405 g/mol. The first-order chi connectivity index (χ1) is 12.5. The number of hydrogen-bond acceptors (Lipinski definition) is 4. The Bertz CT molecular complexity index is 413. The molecular weight excluding hydrogens is 359 g/mol. The normalized spacial score (nSPS) is 13.6. The maximum atomic E-state index is 12.9. The lowest BCUT2D eigenvalue weighted by Crippen LogP contribution is -2.24. The Balaban J connectivity index is 3.89. The first kappa shape index (κ1) is 26.9. The molecule has 0 saturated heterocycles. The van der Waals surface area contributed by atoms with Gasteiger partial charge in [0.2, 0.25) is 0 Å². The van der Waals surface area contributed by atoms with Crippen molar-refractivity contribution in [1.29, 1.82) is 0 Å². The van der Waals surface area contributed by atoms with Gasteiger partial charge in [-0.1, -0.05) is 57.6 Å². The summed E-state index contributed by atoms with van der Waals surface area (Å²) in [7, 11) is -3.55. The molecule has 0 atom stereocenters. The zero-order valence-corrected chi connectivity index (χ0v) is 19.9. The van der Waals surface area contributed by atoms with Crippen LogP contribution in [0.15, 0.2) is 12.2 Å². The molecule has 0 aromatic rings. The van der Waals surface area contributed by atoms with Crippen molar-refractivity contribution < 1.29 is 18.1 Å². The summed E-state index contributed by atoms with van der Waals surface area (Å²) in [6, 6.07) is 0. The van der Waals surface area contributed by atoms with E-state index in [9.17, 15) is 4.57 Å². The topological polar surface area (TPSA) is 44.8 Å². The lowest BCUT2D eigenvalue weighted by molar-refractivity contribution is 0.00298. The van der Waals surface area contributed by atoms with Gasteiger partial charge in [-0.2, -0.15) is 0 Å². The lowest BCUT2D eigenvalue weighted by Gasteiger charge is -2.30. The van der Waals surface area contributed by atoms with Crippen LogP contribution in [0, 0.1) is 0 Å². The van der Waals surface area contributed by atoms with Crippen LogP contribution in [0.2, 0.25) is 0 Å². The number of rotatable bonds is 15. The van der Waals surface area contributed by atoms with Crippen molar-refractivity contribution in [3.63, 3.8) is 0 Å². The number of phosphoric acid groups is 1. The number of unbranched alkanes of at least 4 members (excludes halogenated alkanes) is 8. The van der Waals surface area contributed by atoms with E-state index in [-0.39, 0.29) is 0 Å². The quantitative estimate of drug-likeness (QED) is 0.157. The smallest absolute Gasteiger partial charge is 0.287 e. The maximum absolute atomic E-state index is 12.9. The van der Waals surface area contributed by atoms with E-state index in [1.165, 1.54) is 51.4 Å². The standard InChI is InChI=1S/C22H45O4P/c1-8-9-10-11-12-13-14-15-16-17-18-19-20-24-27(23,25-21(2,3)4)26-22(5,6)7/h11-12H,8-10,13-20H2,1-7H3. The molecule has 27 heavy (non-hydrogen) atoms. The van der Waals surface area contributed by atoms with Crippen molar-refractivity contribution >= 4 is 7.82 Å². The van der Waals surface area contributed by atoms with Crippen LogP contribution in [-0.2, 0) is 18.1 Å². The predicted molar refractivity (Wildman–Crippen MR) is 116 cm³/mol. The summed E-state index contributed by atoms with van der Waals surface area (Å²) < 4.78 is 29.7. The summed E-state index contributed by atoms with van der Waals surface area (Å²) in [5.41, 5.74) is -1.16. The van der Waals surface area contributed by atoms with E-state index < -0.39 is 19.0 Å². The minimum absolute atomic E-state index is 0.406. The molecule has 0 spiro atoms. The Morgan fingerprint density at radius 1 is 0.704 bits per heavy atom. The van der Waals surface area contributed by atoms with Crippen LogP contribution >= 0.6 is 7.82 Å². The van der Waals surface area contributed by atoms with Gasteiger partial charge in [0.25, 0.3) is 0 Å². The van der Waals surface area contributed by atoms with Crippen LogP contribution in [0.5, 0.6) is 0 Å². The highest BCUT2D eigenvalue weighted by Gasteiger charge is 2.36. The molecule has 162 valence electrons. The van der Waals surface area contributed by atoms with Crippen LogP contribution in [0.3, 0.4) is 0 Å². The molecule has 0 aromatic heterocycles. The van der Waals surface area contributed by atoms with Gasteiger partial charge in [-0.3, -0.25) is 13.6 Å². The van der Waals surface area contributed by atoms with Crippen LogP contribution in [0.4, 0.5) is 0 Å². The van der Waals surface area contributed by atoms with Gasteiger partial charge in [0, 0.05) is 0 Å². The maximum Gasteiger partial charge on any atom is 0.475 e. The van der Waals surface area contributed by atoms with Gasteiger partial charge in [-0.05, 0) is 67.2 Å². The zero-order chi connectivity index (χ0) is 20.8. The molecule has 0 aliphatic carbocycles. The molecule has 0 bridgehead atoms. The first-order valence-electron chi connectivity index (χ1n) is 10.8.